The molecule has 0 heterocycles. The van der Waals surface area contributed by atoms with E-state index in [-0.39, 0.29) is 17.1 Å². The second-order valence-corrected chi connectivity index (χ2v) is 5.70. The highest BCUT2D eigenvalue weighted by Crippen LogP contribution is 2.20. The van der Waals surface area contributed by atoms with Crippen LogP contribution in [-0.4, -0.2) is 27.6 Å². The molecule has 0 bridgehead atoms. The van der Waals surface area contributed by atoms with Crippen molar-refractivity contribution < 1.29 is 24.5 Å². The lowest BCUT2D eigenvalue weighted by Crippen LogP contribution is -2.37. The molecule has 0 aromatic heterocycles. The third-order valence-corrected chi connectivity index (χ3v) is 3.36. The van der Waals surface area contributed by atoms with Crippen LogP contribution in [0.25, 0.3) is 6.08 Å². The predicted molar refractivity (Wildman–Crippen MR) is 90.3 cm³/mol. The van der Waals surface area contributed by atoms with Gasteiger partial charge in [0, 0.05) is 0 Å². The van der Waals surface area contributed by atoms with Crippen molar-refractivity contribution in [2.24, 2.45) is 0 Å². The number of ketones is 1. The number of carboxylic acid groups (broad SMARTS) is 1. The van der Waals surface area contributed by atoms with Gasteiger partial charge >= 0.3 is 5.97 Å². The second-order valence-electron chi connectivity index (χ2n) is 5.70. The number of phenolic OH excluding ortho intramolecular Hbond substituents is 1. The second kappa shape index (κ2) is 7.00. The quantitative estimate of drug-likeness (QED) is 0.627. The monoisotopic (exact) mass is 326 g/mol. The van der Waals surface area contributed by atoms with Gasteiger partial charge in [0.2, 0.25) is 0 Å². The van der Waals surface area contributed by atoms with Crippen LogP contribution >= 0.6 is 0 Å². The van der Waals surface area contributed by atoms with E-state index in [1.165, 1.54) is 26.0 Å². The van der Waals surface area contributed by atoms with Crippen LogP contribution in [0.4, 0.5) is 0 Å². The zero-order valence-corrected chi connectivity index (χ0v) is 13.4. The lowest BCUT2D eigenvalue weighted by atomic mass is 10.1. The van der Waals surface area contributed by atoms with E-state index in [2.05, 4.69) is 0 Å². The van der Waals surface area contributed by atoms with Gasteiger partial charge in [0.15, 0.2) is 11.4 Å². The van der Waals surface area contributed by atoms with Gasteiger partial charge in [-0.2, -0.15) is 0 Å². The maximum atomic E-state index is 12.0. The summed E-state index contributed by atoms with van der Waals surface area (Å²) in [5, 5.41) is 18.7. The van der Waals surface area contributed by atoms with E-state index in [9.17, 15) is 14.7 Å². The summed E-state index contributed by atoms with van der Waals surface area (Å²) in [4.78, 5) is 23.1. The van der Waals surface area contributed by atoms with E-state index in [0.29, 0.717) is 5.75 Å². The lowest BCUT2D eigenvalue weighted by Gasteiger charge is -2.21. The number of hydrogen-bond donors (Lipinski definition) is 2. The summed E-state index contributed by atoms with van der Waals surface area (Å²) in [6, 6.07) is 13.0. The third-order valence-electron chi connectivity index (χ3n) is 3.36. The number of aliphatic carboxylic acids is 1. The van der Waals surface area contributed by atoms with E-state index in [0.717, 1.165) is 5.56 Å². The Morgan fingerprint density at radius 3 is 2.25 bits per heavy atom. The Balaban J connectivity index is 2.08. The zero-order chi connectivity index (χ0) is 17.7. The van der Waals surface area contributed by atoms with Gasteiger partial charge in [-0.3, -0.25) is 4.79 Å². The molecule has 0 radical (unpaired) electrons. The van der Waals surface area contributed by atoms with Gasteiger partial charge in [-0.05, 0) is 49.8 Å². The molecule has 2 aromatic rings. The Morgan fingerprint density at radius 1 is 1.04 bits per heavy atom. The SMILES string of the molecule is CC(C)(Oc1ccc(/C=C/C(=O)c2ccccc2O)cc1)C(=O)O. The van der Waals surface area contributed by atoms with E-state index in [1.807, 2.05) is 0 Å². The Hall–Kier alpha value is -3.08. The van der Waals surface area contributed by atoms with Crippen LogP contribution in [0.5, 0.6) is 11.5 Å². The van der Waals surface area contributed by atoms with Crippen molar-refractivity contribution in [3.63, 3.8) is 0 Å². The number of ether oxygens (including phenoxy) is 1. The average molecular weight is 326 g/mol. The lowest BCUT2D eigenvalue weighted by molar-refractivity contribution is -0.152. The summed E-state index contributed by atoms with van der Waals surface area (Å²) in [5.41, 5.74) is -0.339. The van der Waals surface area contributed by atoms with Crippen LogP contribution in [0.15, 0.2) is 54.6 Å². The number of carbonyl (C=O) groups excluding carboxylic acids is 1. The van der Waals surface area contributed by atoms with Gasteiger partial charge in [0.1, 0.15) is 11.5 Å². The van der Waals surface area contributed by atoms with Gasteiger partial charge in [0.25, 0.3) is 0 Å². The zero-order valence-electron chi connectivity index (χ0n) is 13.4. The highest BCUT2D eigenvalue weighted by atomic mass is 16.5. The third kappa shape index (κ3) is 4.23. The van der Waals surface area contributed by atoms with Crippen LogP contribution in [0.3, 0.4) is 0 Å². The molecule has 24 heavy (non-hydrogen) atoms. The highest BCUT2D eigenvalue weighted by Gasteiger charge is 2.29. The fraction of sp³-hybridized carbons (Fsp3) is 0.158. The van der Waals surface area contributed by atoms with Crippen molar-refractivity contribution in [2.75, 3.05) is 0 Å². The molecule has 0 unspecified atom stereocenters. The molecule has 0 aliphatic rings. The average Bonchev–Trinajstić information content (AvgIpc) is 2.54. The largest absolute Gasteiger partial charge is 0.507 e. The van der Waals surface area contributed by atoms with Crippen molar-refractivity contribution in [3.05, 3.63) is 65.7 Å². The molecule has 2 N–H and O–H groups in total. The number of benzene rings is 2. The molecule has 0 spiro atoms. The fourth-order valence-electron chi connectivity index (χ4n) is 1.93. The minimum absolute atomic E-state index is 0.0631. The maximum Gasteiger partial charge on any atom is 0.347 e. The van der Waals surface area contributed by atoms with Crippen LogP contribution in [0, 0.1) is 0 Å². The normalized spacial score (nSPS) is 11.4. The van der Waals surface area contributed by atoms with Crippen LogP contribution in [0.2, 0.25) is 0 Å². The minimum Gasteiger partial charge on any atom is -0.507 e. The summed E-state index contributed by atoms with van der Waals surface area (Å²) < 4.78 is 5.41. The first-order chi connectivity index (χ1) is 11.3. The van der Waals surface area contributed by atoms with Crippen molar-refractivity contribution in [2.45, 2.75) is 19.4 Å². The number of phenols is 1. The molecule has 0 atom stereocenters. The first-order valence-corrected chi connectivity index (χ1v) is 7.32. The minimum atomic E-state index is -1.32. The topological polar surface area (TPSA) is 83.8 Å². The van der Waals surface area contributed by atoms with Crippen molar-refractivity contribution in [3.8, 4) is 11.5 Å². The standard InChI is InChI=1S/C19H18O5/c1-19(2,18(22)23)24-14-10-7-13(8-11-14)9-12-17(21)15-5-3-4-6-16(15)20/h3-12,20H,1-2H3,(H,22,23)/b12-9+. The predicted octanol–water partition coefficient (Wildman–Crippen LogP) is 3.53. The molecule has 0 saturated heterocycles. The van der Waals surface area contributed by atoms with Gasteiger partial charge in [-0.25, -0.2) is 4.79 Å². The summed E-state index contributed by atoms with van der Waals surface area (Å²) >= 11 is 0. The number of carboxylic acids is 1. The Bertz CT molecular complexity index is 773. The van der Waals surface area contributed by atoms with Crippen molar-refractivity contribution in [1.82, 2.24) is 0 Å². The summed E-state index contributed by atoms with van der Waals surface area (Å²) in [6.07, 6.45) is 2.98. The molecule has 124 valence electrons. The Labute approximate surface area is 139 Å². The first kappa shape index (κ1) is 17.3. The Kier molecular flexibility index (Phi) is 5.04. The Morgan fingerprint density at radius 2 is 1.67 bits per heavy atom. The number of para-hydroxylation sites is 1. The molecule has 5 heteroatoms. The number of hydrogen-bond acceptors (Lipinski definition) is 4. The van der Waals surface area contributed by atoms with E-state index in [4.69, 9.17) is 9.84 Å². The molecular weight excluding hydrogens is 308 g/mol. The van der Waals surface area contributed by atoms with Crippen LogP contribution in [0.1, 0.15) is 29.8 Å². The van der Waals surface area contributed by atoms with E-state index < -0.39 is 11.6 Å². The van der Waals surface area contributed by atoms with Crippen LogP contribution < -0.4 is 4.74 Å². The molecule has 5 nitrogen and oxygen atoms in total. The van der Waals surface area contributed by atoms with Crippen molar-refractivity contribution >= 4 is 17.8 Å². The number of allylic oxidation sites excluding steroid dienone is 1. The number of rotatable bonds is 6. The molecule has 2 aromatic carbocycles. The fourth-order valence-corrected chi connectivity index (χ4v) is 1.93. The van der Waals surface area contributed by atoms with Crippen molar-refractivity contribution in [1.29, 1.82) is 0 Å². The molecule has 0 amide bonds. The van der Waals surface area contributed by atoms with Gasteiger partial charge < -0.3 is 14.9 Å². The molecule has 0 saturated carbocycles. The van der Waals surface area contributed by atoms with Crippen LogP contribution in [-0.2, 0) is 4.79 Å². The number of aromatic hydroxyl groups is 1. The first-order valence-electron chi connectivity index (χ1n) is 7.32. The molecule has 2 rings (SSSR count). The molecule has 0 aliphatic carbocycles. The molecular formula is C19H18O5. The summed E-state index contributed by atoms with van der Waals surface area (Å²) in [5.74, 6) is -1.00. The molecule has 0 fully saturated rings. The van der Waals surface area contributed by atoms with Gasteiger partial charge in [-0.1, -0.05) is 30.3 Å². The smallest absolute Gasteiger partial charge is 0.347 e. The maximum absolute atomic E-state index is 12.0. The van der Waals surface area contributed by atoms with Gasteiger partial charge in [0.05, 0.1) is 5.56 Å². The van der Waals surface area contributed by atoms with E-state index in [1.54, 1.807) is 48.5 Å². The van der Waals surface area contributed by atoms with E-state index >= 15 is 0 Å². The highest BCUT2D eigenvalue weighted by molar-refractivity contribution is 6.08. The summed E-state index contributed by atoms with van der Waals surface area (Å²) in [7, 11) is 0. The summed E-state index contributed by atoms with van der Waals surface area (Å²) in [6.45, 7) is 2.93. The van der Waals surface area contributed by atoms with Gasteiger partial charge in [-0.15, -0.1) is 0 Å². The number of carbonyl (C=O) groups is 2. The molecule has 0 aliphatic heterocycles.